The lowest BCUT2D eigenvalue weighted by Gasteiger charge is -2.35. The number of carbonyl (C=O) groups excluding carboxylic acids is 1. The average Bonchev–Trinajstić information content (AvgIpc) is 2.39. The molecule has 0 aromatic carbocycles. The molecule has 2 N–H and O–H groups in total. The van der Waals surface area contributed by atoms with E-state index in [4.69, 9.17) is 4.74 Å². The Morgan fingerprint density at radius 1 is 1.45 bits per heavy atom. The fourth-order valence-electron chi connectivity index (χ4n) is 2.95. The van der Waals surface area contributed by atoms with Gasteiger partial charge in [-0.3, -0.25) is 9.69 Å². The molecule has 118 valence electrons. The zero-order valence-corrected chi connectivity index (χ0v) is 13.4. The zero-order chi connectivity index (χ0) is 15.0. The summed E-state index contributed by atoms with van der Waals surface area (Å²) in [6, 6.07) is 0.604. The quantitative estimate of drug-likeness (QED) is 0.694. The van der Waals surface area contributed by atoms with Crippen molar-refractivity contribution < 1.29 is 9.53 Å². The molecular formula is C15H31N3O2. The summed E-state index contributed by atoms with van der Waals surface area (Å²) in [4.78, 5) is 14.2. The van der Waals surface area contributed by atoms with E-state index >= 15 is 0 Å². The molecule has 1 fully saturated rings. The first-order valence-corrected chi connectivity index (χ1v) is 7.80. The molecular weight excluding hydrogens is 254 g/mol. The monoisotopic (exact) mass is 285 g/mol. The van der Waals surface area contributed by atoms with E-state index < -0.39 is 0 Å². The second kappa shape index (κ2) is 9.32. The normalized spacial score (nSPS) is 23.3. The third-order valence-corrected chi connectivity index (χ3v) is 3.97. The summed E-state index contributed by atoms with van der Waals surface area (Å²) in [5, 5.41) is 6.47. The lowest BCUT2D eigenvalue weighted by Crippen LogP contribution is -2.48. The van der Waals surface area contributed by atoms with Gasteiger partial charge in [-0.05, 0) is 45.7 Å². The predicted octanol–water partition coefficient (Wildman–Crippen LogP) is 0.848. The SMILES string of the molecule is CCNC(C)C1CCCN(CC(=O)NC(C)COC)C1. The maximum Gasteiger partial charge on any atom is 0.234 e. The lowest BCUT2D eigenvalue weighted by atomic mass is 9.91. The number of hydrogen-bond donors (Lipinski definition) is 2. The molecule has 1 amide bonds. The highest BCUT2D eigenvalue weighted by Gasteiger charge is 2.25. The molecule has 5 heteroatoms. The molecule has 3 atom stereocenters. The highest BCUT2D eigenvalue weighted by molar-refractivity contribution is 5.78. The predicted molar refractivity (Wildman–Crippen MR) is 81.8 cm³/mol. The number of piperidine rings is 1. The van der Waals surface area contributed by atoms with Gasteiger partial charge in [0.25, 0.3) is 0 Å². The van der Waals surface area contributed by atoms with E-state index in [2.05, 4.69) is 29.4 Å². The van der Waals surface area contributed by atoms with E-state index in [1.165, 1.54) is 12.8 Å². The van der Waals surface area contributed by atoms with Crippen LogP contribution in [0.25, 0.3) is 0 Å². The molecule has 1 saturated heterocycles. The Labute approximate surface area is 123 Å². The van der Waals surface area contributed by atoms with Crippen LogP contribution in [0.2, 0.25) is 0 Å². The number of nitrogens with zero attached hydrogens (tertiary/aromatic N) is 1. The van der Waals surface area contributed by atoms with Crippen molar-refractivity contribution in [2.75, 3.05) is 39.9 Å². The summed E-state index contributed by atoms with van der Waals surface area (Å²) in [5.74, 6) is 0.749. The van der Waals surface area contributed by atoms with Gasteiger partial charge in [0.1, 0.15) is 0 Å². The maximum atomic E-state index is 12.0. The van der Waals surface area contributed by atoms with E-state index in [1.54, 1.807) is 7.11 Å². The summed E-state index contributed by atoms with van der Waals surface area (Å²) in [6.45, 7) is 10.5. The minimum absolute atomic E-state index is 0.0776. The summed E-state index contributed by atoms with van der Waals surface area (Å²) >= 11 is 0. The molecule has 0 bridgehead atoms. The number of ether oxygens (including phenoxy) is 1. The minimum Gasteiger partial charge on any atom is -0.383 e. The maximum absolute atomic E-state index is 12.0. The van der Waals surface area contributed by atoms with Gasteiger partial charge >= 0.3 is 0 Å². The summed E-state index contributed by atoms with van der Waals surface area (Å²) < 4.78 is 5.03. The number of carbonyl (C=O) groups is 1. The molecule has 0 aromatic heterocycles. The lowest BCUT2D eigenvalue weighted by molar-refractivity contribution is -0.123. The van der Waals surface area contributed by atoms with E-state index in [9.17, 15) is 4.79 Å². The Balaban J connectivity index is 2.34. The Morgan fingerprint density at radius 3 is 2.85 bits per heavy atom. The number of rotatable bonds is 8. The standard InChI is InChI=1S/C15H31N3O2/c1-5-16-13(3)14-7-6-8-18(9-14)10-15(19)17-12(2)11-20-4/h12-14,16H,5-11H2,1-4H3,(H,17,19). The van der Waals surface area contributed by atoms with Gasteiger partial charge in [-0.25, -0.2) is 0 Å². The molecule has 0 aliphatic carbocycles. The topological polar surface area (TPSA) is 53.6 Å². The van der Waals surface area contributed by atoms with Crippen LogP contribution in [-0.2, 0) is 9.53 Å². The number of amides is 1. The molecule has 1 rings (SSSR count). The molecule has 5 nitrogen and oxygen atoms in total. The number of likely N-dealkylation sites (tertiary alicyclic amines) is 1. The molecule has 1 aliphatic heterocycles. The van der Waals surface area contributed by atoms with Crippen LogP contribution in [0, 0.1) is 5.92 Å². The van der Waals surface area contributed by atoms with Gasteiger partial charge in [-0.2, -0.15) is 0 Å². The second-order valence-corrected chi connectivity index (χ2v) is 5.91. The molecule has 0 aromatic rings. The van der Waals surface area contributed by atoms with Crippen LogP contribution < -0.4 is 10.6 Å². The van der Waals surface area contributed by atoms with Crippen LogP contribution in [0.15, 0.2) is 0 Å². The first-order chi connectivity index (χ1) is 9.56. The summed E-state index contributed by atoms with van der Waals surface area (Å²) in [5.41, 5.74) is 0. The van der Waals surface area contributed by atoms with Crippen LogP contribution >= 0.6 is 0 Å². The van der Waals surface area contributed by atoms with Crippen LogP contribution in [0.4, 0.5) is 0 Å². The molecule has 0 radical (unpaired) electrons. The molecule has 20 heavy (non-hydrogen) atoms. The minimum atomic E-state index is 0.0776. The number of nitrogens with one attached hydrogen (secondary N) is 2. The first kappa shape index (κ1) is 17.4. The van der Waals surface area contributed by atoms with E-state index in [0.29, 0.717) is 25.1 Å². The fraction of sp³-hybridized carbons (Fsp3) is 0.933. The zero-order valence-electron chi connectivity index (χ0n) is 13.4. The van der Waals surface area contributed by atoms with Gasteiger partial charge in [0.05, 0.1) is 13.2 Å². The molecule has 0 saturated carbocycles. The van der Waals surface area contributed by atoms with Crippen molar-refractivity contribution in [1.29, 1.82) is 0 Å². The fourth-order valence-corrected chi connectivity index (χ4v) is 2.95. The highest BCUT2D eigenvalue weighted by Crippen LogP contribution is 2.19. The highest BCUT2D eigenvalue weighted by atomic mass is 16.5. The van der Waals surface area contributed by atoms with E-state index in [0.717, 1.165) is 19.6 Å². The van der Waals surface area contributed by atoms with E-state index in [1.807, 2.05) is 6.92 Å². The van der Waals surface area contributed by atoms with Gasteiger partial charge in [-0.1, -0.05) is 6.92 Å². The van der Waals surface area contributed by atoms with Crippen molar-refractivity contribution in [1.82, 2.24) is 15.5 Å². The third-order valence-electron chi connectivity index (χ3n) is 3.97. The Morgan fingerprint density at radius 2 is 2.20 bits per heavy atom. The van der Waals surface area contributed by atoms with Crippen molar-refractivity contribution in [2.45, 2.75) is 45.7 Å². The molecule has 0 spiro atoms. The van der Waals surface area contributed by atoms with Crippen LogP contribution in [0.5, 0.6) is 0 Å². The first-order valence-electron chi connectivity index (χ1n) is 7.80. The van der Waals surface area contributed by atoms with Gasteiger partial charge < -0.3 is 15.4 Å². The Kier molecular flexibility index (Phi) is 8.11. The molecule has 3 unspecified atom stereocenters. The van der Waals surface area contributed by atoms with Gasteiger partial charge in [-0.15, -0.1) is 0 Å². The number of hydrogen-bond acceptors (Lipinski definition) is 4. The Hall–Kier alpha value is -0.650. The third kappa shape index (κ3) is 6.20. The van der Waals surface area contributed by atoms with Gasteiger partial charge in [0, 0.05) is 25.7 Å². The van der Waals surface area contributed by atoms with Crippen molar-refractivity contribution in [3.05, 3.63) is 0 Å². The largest absolute Gasteiger partial charge is 0.383 e. The van der Waals surface area contributed by atoms with Crippen molar-refractivity contribution in [3.63, 3.8) is 0 Å². The van der Waals surface area contributed by atoms with Crippen LogP contribution in [0.3, 0.4) is 0 Å². The summed E-state index contributed by atoms with van der Waals surface area (Å²) in [6.07, 6.45) is 2.44. The molecule has 1 heterocycles. The molecule has 1 aliphatic rings. The Bertz CT molecular complexity index is 286. The van der Waals surface area contributed by atoms with Gasteiger partial charge in [0.15, 0.2) is 0 Å². The van der Waals surface area contributed by atoms with Crippen molar-refractivity contribution in [3.8, 4) is 0 Å². The average molecular weight is 285 g/mol. The number of methoxy groups -OCH3 is 1. The van der Waals surface area contributed by atoms with Crippen LogP contribution in [0.1, 0.15) is 33.6 Å². The second-order valence-electron chi connectivity index (χ2n) is 5.91. The summed E-state index contributed by atoms with van der Waals surface area (Å²) in [7, 11) is 1.65. The van der Waals surface area contributed by atoms with Crippen molar-refractivity contribution in [2.24, 2.45) is 5.92 Å². The van der Waals surface area contributed by atoms with E-state index in [-0.39, 0.29) is 11.9 Å². The van der Waals surface area contributed by atoms with Gasteiger partial charge in [0.2, 0.25) is 5.91 Å². The van der Waals surface area contributed by atoms with Crippen molar-refractivity contribution >= 4 is 5.91 Å². The van der Waals surface area contributed by atoms with Crippen LogP contribution in [-0.4, -0.2) is 62.8 Å². The smallest absolute Gasteiger partial charge is 0.234 e.